The molecule has 0 unspecified atom stereocenters. The molecule has 0 aromatic heterocycles. The molecule has 2 rings (SSSR count). The number of carbonyl (C=O) groups excluding carboxylic acids is 1. The minimum Gasteiger partial charge on any atom is -0.349 e. The van der Waals surface area contributed by atoms with Gasteiger partial charge >= 0.3 is 0 Å². The van der Waals surface area contributed by atoms with E-state index in [1.807, 2.05) is 6.92 Å². The van der Waals surface area contributed by atoms with Crippen LogP contribution in [0, 0.1) is 5.92 Å². The van der Waals surface area contributed by atoms with E-state index in [1.165, 1.54) is 18.2 Å². The quantitative estimate of drug-likeness (QED) is 0.874. The van der Waals surface area contributed by atoms with Crippen LogP contribution in [-0.4, -0.2) is 26.6 Å². The first-order chi connectivity index (χ1) is 9.26. The van der Waals surface area contributed by atoms with Crippen molar-refractivity contribution in [2.45, 2.75) is 25.8 Å². The highest BCUT2D eigenvalue weighted by Crippen LogP contribution is 2.32. The van der Waals surface area contributed by atoms with Crippen molar-refractivity contribution in [2.75, 3.05) is 11.0 Å². The largest absolute Gasteiger partial charge is 0.349 e. The Hall–Kier alpha value is -1.27. The monoisotopic (exact) mass is 316 g/mol. The second kappa shape index (κ2) is 5.61. The van der Waals surface area contributed by atoms with Crippen LogP contribution in [0.1, 0.15) is 30.1 Å². The van der Waals surface area contributed by atoms with Crippen LogP contribution in [-0.2, 0) is 10.0 Å². The number of carbonyl (C=O) groups is 1. The fourth-order valence-electron chi connectivity index (χ4n) is 1.99. The van der Waals surface area contributed by atoms with E-state index in [2.05, 4.69) is 10.0 Å². The molecular weight excluding hydrogens is 300 g/mol. The number of anilines is 1. The van der Waals surface area contributed by atoms with Gasteiger partial charge in [0.25, 0.3) is 5.91 Å². The second-order valence-corrected chi connectivity index (χ2v) is 7.35. The van der Waals surface area contributed by atoms with Gasteiger partial charge in [-0.2, -0.15) is 0 Å². The van der Waals surface area contributed by atoms with Gasteiger partial charge in [-0.15, -0.1) is 0 Å². The lowest BCUT2D eigenvalue weighted by Gasteiger charge is -2.15. The van der Waals surface area contributed by atoms with Crippen molar-refractivity contribution in [3.05, 3.63) is 28.8 Å². The van der Waals surface area contributed by atoms with E-state index < -0.39 is 10.0 Å². The molecule has 1 fully saturated rings. The summed E-state index contributed by atoms with van der Waals surface area (Å²) in [6, 6.07) is 4.56. The molecule has 1 atom stereocenters. The number of hydrogen-bond donors (Lipinski definition) is 2. The molecule has 0 aliphatic heterocycles. The SMILES string of the molecule is C[C@H](NC(=O)c1cc(Cl)ccc1NS(C)(=O)=O)C1CC1. The summed E-state index contributed by atoms with van der Waals surface area (Å²) in [6.45, 7) is 1.95. The molecule has 1 amide bonds. The van der Waals surface area contributed by atoms with E-state index in [9.17, 15) is 13.2 Å². The summed E-state index contributed by atoms with van der Waals surface area (Å²) < 4.78 is 25.0. The molecule has 7 heteroatoms. The summed E-state index contributed by atoms with van der Waals surface area (Å²) in [5.74, 6) is 0.197. The Balaban J connectivity index is 2.23. The van der Waals surface area contributed by atoms with Crippen LogP contribution in [0.4, 0.5) is 5.69 Å². The number of halogens is 1. The predicted molar refractivity (Wildman–Crippen MR) is 79.6 cm³/mol. The van der Waals surface area contributed by atoms with E-state index in [0.29, 0.717) is 10.9 Å². The summed E-state index contributed by atoms with van der Waals surface area (Å²) in [5.41, 5.74) is 0.466. The molecule has 1 aliphatic carbocycles. The van der Waals surface area contributed by atoms with Crippen molar-refractivity contribution in [1.29, 1.82) is 0 Å². The summed E-state index contributed by atoms with van der Waals surface area (Å²) in [4.78, 5) is 12.2. The third kappa shape index (κ3) is 4.11. The highest BCUT2D eigenvalue weighted by Gasteiger charge is 2.29. The number of benzene rings is 1. The summed E-state index contributed by atoms with van der Waals surface area (Å²) in [5, 5.41) is 3.26. The average Bonchev–Trinajstić information content (AvgIpc) is 3.13. The topological polar surface area (TPSA) is 75.3 Å². The second-order valence-electron chi connectivity index (χ2n) is 5.16. The van der Waals surface area contributed by atoms with Crippen LogP contribution in [0.5, 0.6) is 0 Å². The van der Waals surface area contributed by atoms with E-state index in [1.54, 1.807) is 0 Å². The van der Waals surface area contributed by atoms with Gasteiger partial charge in [-0.1, -0.05) is 11.6 Å². The summed E-state index contributed by atoms with van der Waals surface area (Å²) >= 11 is 5.89. The van der Waals surface area contributed by atoms with Crippen molar-refractivity contribution >= 4 is 33.2 Å². The molecular formula is C13H17ClN2O3S. The molecule has 1 saturated carbocycles. The Labute approximate surface area is 123 Å². The first kappa shape index (κ1) is 15.1. The van der Waals surface area contributed by atoms with Crippen LogP contribution >= 0.6 is 11.6 Å². The van der Waals surface area contributed by atoms with Crippen molar-refractivity contribution in [3.8, 4) is 0 Å². The predicted octanol–water partition coefficient (Wildman–Crippen LogP) is 2.24. The average molecular weight is 317 g/mol. The van der Waals surface area contributed by atoms with Gasteiger partial charge in [0, 0.05) is 11.1 Å². The molecule has 0 heterocycles. The molecule has 20 heavy (non-hydrogen) atoms. The molecule has 0 saturated heterocycles. The Kier molecular flexibility index (Phi) is 4.25. The third-order valence-corrected chi connectivity index (χ3v) is 4.04. The molecule has 2 N–H and O–H groups in total. The Morgan fingerprint density at radius 3 is 2.60 bits per heavy atom. The van der Waals surface area contributed by atoms with Gasteiger partial charge in [-0.3, -0.25) is 9.52 Å². The van der Waals surface area contributed by atoms with Crippen molar-refractivity contribution < 1.29 is 13.2 Å². The lowest BCUT2D eigenvalue weighted by Crippen LogP contribution is -2.34. The number of nitrogens with one attached hydrogen (secondary N) is 2. The lowest BCUT2D eigenvalue weighted by atomic mass is 10.1. The van der Waals surface area contributed by atoms with Crippen molar-refractivity contribution in [1.82, 2.24) is 5.32 Å². The van der Waals surface area contributed by atoms with Gasteiger partial charge in [-0.05, 0) is 43.9 Å². The fourth-order valence-corrected chi connectivity index (χ4v) is 2.74. The summed E-state index contributed by atoms with van der Waals surface area (Å²) in [6.07, 6.45) is 3.27. The van der Waals surface area contributed by atoms with Crippen molar-refractivity contribution in [3.63, 3.8) is 0 Å². The zero-order chi connectivity index (χ0) is 14.9. The maximum atomic E-state index is 12.2. The lowest BCUT2D eigenvalue weighted by molar-refractivity contribution is 0.0937. The number of rotatable bonds is 5. The van der Waals surface area contributed by atoms with Gasteiger partial charge < -0.3 is 5.32 Å². The smallest absolute Gasteiger partial charge is 0.253 e. The van der Waals surface area contributed by atoms with Crippen molar-refractivity contribution in [2.24, 2.45) is 5.92 Å². The van der Waals surface area contributed by atoms with E-state index >= 15 is 0 Å². The van der Waals surface area contributed by atoms with E-state index in [-0.39, 0.29) is 23.2 Å². The minimum absolute atomic E-state index is 0.0764. The highest BCUT2D eigenvalue weighted by atomic mass is 35.5. The zero-order valence-electron chi connectivity index (χ0n) is 11.3. The Morgan fingerprint density at radius 2 is 2.05 bits per heavy atom. The molecule has 1 aromatic rings. The Bertz CT molecular complexity index is 627. The van der Waals surface area contributed by atoms with Gasteiger partial charge in [-0.25, -0.2) is 8.42 Å². The van der Waals surface area contributed by atoms with Crippen LogP contribution in [0.15, 0.2) is 18.2 Å². The highest BCUT2D eigenvalue weighted by molar-refractivity contribution is 7.92. The molecule has 0 bridgehead atoms. The first-order valence-corrected chi connectivity index (χ1v) is 8.61. The number of hydrogen-bond acceptors (Lipinski definition) is 3. The first-order valence-electron chi connectivity index (χ1n) is 6.34. The van der Waals surface area contributed by atoms with E-state index in [4.69, 9.17) is 11.6 Å². The minimum atomic E-state index is -3.45. The number of sulfonamides is 1. The molecule has 1 aliphatic rings. The standard InChI is InChI=1S/C13H17ClN2O3S/c1-8(9-3-4-9)15-13(17)11-7-10(14)5-6-12(11)16-20(2,18)19/h5-9,16H,3-4H2,1-2H3,(H,15,17)/t8-/m0/s1. The van der Waals surface area contributed by atoms with Gasteiger partial charge in [0.2, 0.25) is 10.0 Å². The maximum Gasteiger partial charge on any atom is 0.253 e. The molecule has 110 valence electrons. The molecule has 1 aromatic carbocycles. The van der Waals surface area contributed by atoms with Crippen LogP contribution in [0.3, 0.4) is 0 Å². The molecule has 0 radical (unpaired) electrons. The fraction of sp³-hybridized carbons (Fsp3) is 0.462. The van der Waals surface area contributed by atoms with Gasteiger partial charge in [0.1, 0.15) is 0 Å². The number of amides is 1. The molecule has 5 nitrogen and oxygen atoms in total. The normalized spacial score (nSPS) is 16.6. The molecule has 0 spiro atoms. The van der Waals surface area contributed by atoms with Crippen LogP contribution < -0.4 is 10.0 Å². The van der Waals surface area contributed by atoms with Gasteiger partial charge in [0.05, 0.1) is 17.5 Å². The maximum absolute atomic E-state index is 12.2. The zero-order valence-corrected chi connectivity index (χ0v) is 12.9. The summed E-state index contributed by atoms with van der Waals surface area (Å²) in [7, 11) is -3.45. The van der Waals surface area contributed by atoms with Gasteiger partial charge in [0.15, 0.2) is 0 Å². The van der Waals surface area contributed by atoms with Crippen LogP contribution in [0.2, 0.25) is 5.02 Å². The van der Waals surface area contributed by atoms with E-state index in [0.717, 1.165) is 19.1 Å². The van der Waals surface area contributed by atoms with Crippen LogP contribution in [0.25, 0.3) is 0 Å². The third-order valence-electron chi connectivity index (χ3n) is 3.21. The Morgan fingerprint density at radius 1 is 1.40 bits per heavy atom.